The van der Waals surface area contributed by atoms with Gasteiger partial charge in [0.05, 0.1) is 38.3 Å². The first-order valence-corrected chi connectivity index (χ1v) is 8.27. The number of halogens is 1. The molecule has 124 valence electrons. The Bertz CT molecular complexity index is 465. The van der Waals surface area contributed by atoms with Crippen molar-refractivity contribution in [2.45, 2.75) is 20.3 Å². The minimum atomic E-state index is -0.0172. The Labute approximate surface area is 138 Å². The van der Waals surface area contributed by atoms with Crippen molar-refractivity contribution in [2.75, 3.05) is 45.2 Å². The van der Waals surface area contributed by atoms with E-state index in [1.165, 1.54) is 6.54 Å². The van der Waals surface area contributed by atoms with E-state index >= 15 is 0 Å². The Morgan fingerprint density at radius 3 is 2.68 bits per heavy atom. The van der Waals surface area contributed by atoms with Crippen molar-refractivity contribution in [3.8, 4) is 5.75 Å². The highest BCUT2D eigenvalue weighted by atomic mass is 35.5. The van der Waals surface area contributed by atoms with Crippen molar-refractivity contribution >= 4 is 23.2 Å². The molecule has 0 spiro atoms. The molecule has 22 heavy (non-hydrogen) atoms. The summed E-state index contributed by atoms with van der Waals surface area (Å²) in [5.74, 6) is 0.585. The van der Waals surface area contributed by atoms with Gasteiger partial charge in [0, 0.05) is 12.1 Å². The Hall–Kier alpha value is -1.30. The van der Waals surface area contributed by atoms with E-state index in [4.69, 9.17) is 16.3 Å². The minimum Gasteiger partial charge on any atom is -0.495 e. The highest BCUT2D eigenvalue weighted by Gasteiger charge is 2.08. The molecule has 0 bridgehead atoms. The van der Waals surface area contributed by atoms with Crippen LogP contribution in [0.15, 0.2) is 18.2 Å². The van der Waals surface area contributed by atoms with Crippen LogP contribution in [0.25, 0.3) is 0 Å². The normalized spacial score (nSPS) is 10.8. The SMILES string of the molecule is CC[NH+](CC)CCC[NH2+]CC(=O)Nc1ccc(OC)c(Cl)c1. The van der Waals surface area contributed by atoms with E-state index < -0.39 is 0 Å². The fraction of sp³-hybridized carbons (Fsp3) is 0.562. The van der Waals surface area contributed by atoms with Crippen molar-refractivity contribution in [3.05, 3.63) is 23.2 Å². The van der Waals surface area contributed by atoms with Crippen LogP contribution < -0.4 is 20.3 Å². The number of benzene rings is 1. The first kappa shape index (κ1) is 18.7. The summed E-state index contributed by atoms with van der Waals surface area (Å²) in [7, 11) is 1.56. The number of carbonyl (C=O) groups is 1. The summed E-state index contributed by atoms with van der Waals surface area (Å²) in [6, 6.07) is 5.23. The highest BCUT2D eigenvalue weighted by molar-refractivity contribution is 6.32. The highest BCUT2D eigenvalue weighted by Crippen LogP contribution is 2.26. The first-order valence-electron chi connectivity index (χ1n) is 7.89. The maximum atomic E-state index is 11.9. The van der Waals surface area contributed by atoms with E-state index in [9.17, 15) is 4.79 Å². The molecule has 0 radical (unpaired) electrons. The molecule has 0 saturated carbocycles. The summed E-state index contributed by atoms with van der Waals surface area (Å²) in [6.45, 7) is 9.30. The number of nitrogens with one attached hydrogen (secondary N) is 2. The standard InChI is InChI=1S/C16H26ClN3O2/c1-4-20(5-2)10-6-9-18-12-16(21)19-13-7-8-15(22-3)14(17)11-13/h7-8,11,18H,4-6,9-10,12H2,1-3H3,(H,19,21)/p+2. The number of methoxy groups -OCH3 is 1. The molecule has 0 aliphatic heterocycles. The average Bonchev–Trinajstić information content (AvgIpc) is 2.51. The van der Waals surface area contributed by atoms with Crippen LogP contribution in [0.4, 0.5) is 5.69 Å². The maximum Gasteiger partial charge on any atom is 0.279 e. The number of quaternary nitrogens is 2. The molecule has 0 saturated heterocycles. The Morgan fingerprint density at radius 1 is 1.36 bits per heavy atom. The minimum absolute atomic E-state index is 0.0172. The second-order valence-electron chi connectivity index (χ2n) is 5.24. The van der Waals surface area contributed by atoms with Crippen LogP contribution in [0.2, 0.25) is 5.02 Å². The van der Waals surface area contributed by atoms with Crippen molar-refractivity contribution < 1.29 is 19.7 Å². The van der Waals surface area contributed by atoms with Crippen LogP contribution in [0.1, 0.15) is 20.3 Å². The van der Waals surface area contributed by atoms with Gasteiger partial charge < -0.3 is 20.3 Å². The number of nitrogens with two attached hydrogens (primary N) is 1. The van der Waals surface area contributed by atoms with Gasteiger partial charge in [0.1, 0.15) is 5.75 Å². The third-order valence-corrected chi connectivity index (χ3v) is 4.00. The molecule has 1 rings (SSSR count). The Morgan fingerprint density at radius 2 is 2.09 bits per heavy atom. The van der Waals surface area contributed by atoms with Crippen LogP contribution in [0.5, 0.6) is 5.75 Å². The molecule has 6 heteroatoms. The Kier molecular flexibility index (Phi) is 8.89. The van der Waals surface area contributed by atoms with Crippen LogP contribution in [0.3, 0.4) is 0 Å². The van der Waals surface area contributed by atoms with Crippen LogP contribution in [-0.4, -0.2) is 45.7 Å². The lowest BCUT2D eigenvalue weighted by atomic mass is 10.3. The zero-order valence-corrected chi connectivity index (χ0v) is 14.5. The second-order valence-corrected chi connectivity index (χ2v) is 5.65. The molecule has 1 amide bonds. The van der Waals surface area contributed by atoms with Gasteiger partial charge >= 0.3 is 0 Å². The first-order chi connectivity index (χ1) is 10.6. The van der Waals surface area contributed by atoms with Crippen LogP contribution in [-0.2, 0) is 4.79 Å². The van der Waals surface area contributed by atoms with Gasteiger partial charge in [-0.1, -0.05) is 11.6 Å². The molecule has 0 aliphatic rings. The molecule has 1 aromatic rings. The van der Waals surface area contributed by atoms with Gasteiger partial charge in [-0.3, -0.25) is 4.79 Å². The van der Waals surface area contributed by atoms with E-state index in [2.05, 4.69) is 19.2 Å². The summed E-state index contributed by atoms with van der Waals surface area (Å²) >= 11 is 6.03. The maximum absolute atomic E-state index is 11.9. The van der Waals surface area contributed by atoms with E-state index in [1.807, 2.05) is 5.32 Å². The number of amides is 1. The van der Waals surface area contributed by atoms with Gasteiger partial charge in [-0.05, 0) is 32.0 Å². The smallest absolute Gasteiger partial charge is 0.279 e. The fourth-order valence-corrected chi connectivity index (χ4v) is 2.55. The lowest BCUT2D eigenvalue weighted by molar-refractivity contribution is -0.898. The molecule has 4 N–H and O–H groups in total. The third kappa shape index (κ3) is 6.64. The van der Waals surface area contributed by atoms with Crippen molar-refractivity contribution in [2.24, 2.45) is 0 Å². The monoisotopic (exact) mass is 329 g/mol. The van der Waals surface area contributed by atoms with E-state index in [-0.39, 0.29) is 5.91 Å². The number of rotatable bonds is 10. The number of ether oxygens (including phenoxy) is 1. The summed E-state index contributed by atoms with van der Waals surface area (Å²) < 4.78 is 5.08. The van der Waals surface area contributed by atoms with E-state index in [1.54, 1.807) is 30.2 Å². The zero-order chi connectivity index (χ0) is 16.4. The molecule has 0 atom stereocenters. The third-order valence-electron chi connectivity index (χ3n) is 3.70. The van der Waals surface area contributed by atoms with Crippen molar-refractivity contribution in [1.29, 1.82) is 0 Å². The number of hydrogen-bond acceptors (Lipinski definition) is 2. The second kappa shape index (κ2) is 10.4. The van der Waals surface area contributed by atoms with Gasteiger partial charge in [0.2, 0.25) is 0 Å². The molecule has 1 aromatic carbocycles. The molecule has 0 fully saturated rings. The Balaban J connectivity index is 2.25. The lowest BCUT2D eigenvalue weighted by Crippen LogP contribution is -3.11. The molecule has 0 heterocycles. The molecule has 0 aromatic heterocycles. The van der Waals surface area contributed by atoms with Gasteiger partial charge in [0.25, 0.3) is 5.91 Å². The average molecular weight is 330 g/mol. The molecule has 0 aliphatic carbocycles. The number of anilines is 1. The van der Waals surface area contributed by atoms with E-state index in [0.717, 1.165) is 26.1 Å². The fourth-order valence-electron chi connectivity index (χ4n) is 2.29. The number of hydrogen-bond donors (Lipinski definition) is 3. The summed E-state index contributed by atoms with van der Waals surface area (Å²) in [5, 5.41) is 5.38. The van der Waals surface area contributed by atoms with E-state index in [0.29, 0.717) is 23.0 Å². The molecule has 5 nitrogen and oxygen atoms in total. The van der Waals surface area contributed by atoms with Crippen molar-refractivity contribution in [3.63, 3.8) is 0 Å². The summed E-state index contributed by atoms with van der Waals surface area (Å²) in [6.07, 6.45) is 1.12. The predicted octanol–water partition coefficient (Wildman–Crippen LogP) is 0.165. The predicted molar refractivity (Wildman–Crippen MR) is 89.8 cm³/mol. The largest absolute Gasteiger partial charge is 0.495 e. The van der Waals surface area contributed by atoms with Gasteiger partial charge in [-0.2, -0.15) is 0 Å². The quantitative estimate of drug-likeness (QED) is 0.536. The van der Waals surface area contributed by atoms with Gasteiger partial charge in [-0.25, -0.2) is 0 Å². The van der Waals surface area contributed by atoms with Crippen LogP contribution >= 0.6 is 11.6 Å². The summed E-state index contributed by atoms with van der Waals surface area (Å²) in [4.78, 5) is 13.5. The zero-order valence-electron chi connectivity index (χ0n) is 13.7. The van der Waals surface area contributed by atoms with Crippen LogP contribution in [0, 0.1) is 0 Å². The van der Waals surface area contributed by atoms with Gasteiger partial charge in [0.15, 0.2) is 6.54 Å². The lowest BCUT2D eigenvalue weighted by Gasteiger charge is -2.14. The van der Waals surface area contributed by atoms with Crippen molar-refractivity contribution in [1.82, 2.24) is 0 Å². The van der Waals surface area contributed by atoms with Gasteiger partial charge in [-0.15, -0.1) is 0 Å². The summed E-state index contributed by atoms with van der Waals surface area (Å²) in [5.41, 5.74) is 0.691. The molecular weight excluding hydrogens is 302 g/mol. The topological polar surface area (TPSA) is 59.4 Å². The number of carbonyl (C=O) groups excluding carboxylic acids is 1. The molecule has 0 unspecified atom stereocenters. The molecular formula is C16H28ClN3O2+2.